The molecule has 1 aromatic carbocycles. The average Bonchev–Trinajstić information content (AvgIpc) is 3.41. The van der Waals surface area contributed by atoms with E-state index in [0.29, 0.717) is 28.2 Å². The van der Waals surface area contributed by atoms with Crippen LogP contribution in [0.15, 0.2) is 52.1 Å². The number of aromatic nitrogens is 6. The number of H-pyrrole nitrogens is 1. The van der Waals surface area contributed by atoms with Crippen molar-refractivity contribution in [1.82, 2.24) is 28.7 Å². The van der Waals surface area contributed by atoms with Crippen LogP contribution in [-0.2, 0) is 31.9 Å². The van der Waals surface area contributed by atoms with Gasteiger partial charge in [-0.15, -0.1) is 0 Å². The Morgan fingerprint density at radius 2 is 1.89 bits per heavy atom. The first-order valence-electron chi connectivity index (χ1n) is 11.1. The topological polar surface area (TPSA) is 140 Å². The average molecular weight is 508 g/mol. The highest BCUT2D eigenvalue weighted by Gasteiger charge is 2.19. The molecule has 12 heteroatoms. The van der Waals surface area contributed by atoms with Crippen LogP contribution in [0.4, 0.5) is 11.8 Å². The predicted octanol–water partition coefficient (Wildman–Crippen LogP) is 2.77. The monoisotopic (exact) mass is 507 g/mol. The second-order valence-corrected chi connectivity index (χ2v) is 8.84. The molecule has 0 aliphatic rings. The van der Waals surface area contributed by atoms with Gasteiger partial charge in [0.05, 0.1) is 13.0 Å². The Bertz CT molecular complexity index is 1760. The number of aliphatic carboxylic acids is 1. The fourth-order valence-electron chi connectivity index (χ4n) is 4.16. The molecular formula is C24H22ClN7O4. The van der Waals surface area contributed by atoms with Crippen LogP contribution in [-0.4, -0.2) is 39.7 Å². The van der Waals surface area contributed by atoms with E-state index in [2.05, 4.69) is 20.3 Å². The lowest BCUT2D eigenvalue weighted by atomic mass is 10.2. The Balaban J connectivity index is 1.53. The van der Waals surface area contributed by atoms with Crippen molar-refractivity contribution in [3.8, 4) is 0 Å². The summed E-state index contributed by atoms with van der Waals surface area (Å²) >= 11 is 6.27. The summed E-state index contributed by atoms with van der Waals surface area (Å²) in [6, 6.07) is 12.5. The van der Waals surface area contributed by atoms with Crippen molar-refractivity contribution in [1.29, 1.82) is 0 Å². The lowest BCUT2D eigenvalue weighted by Crippen LogP contribution is -2.39. The Morgan fingerprint density at radius 1 is 1.11 bits per heavy atom. The van der Waals surface area contributed by atoms with Crippen LogP contribution in [0.3, 0.4) is 0 Å². The molecule has 0 amide bonds. The summed E-state index contributed by atoms with van der Waals surface area (Å²) in [6.07, 6.45) is 0.249. The van der Waals surface area contributed by atoms with Crippen molar-refractivity contribution in [3.63, 3.8) is 0 Å². The molecular weight excluding hydrogens is 486 g/mol. The fourth-order valence-corrected chi connectivity index (χ4v) is 4.39. The highest BCUT2D eigenvalue weighted by molar-refractivity contribution is 6.35. The summed E-state index contributed by atoms with van der Waals surface area (Å²) < 4.78 is 4.05. The molecule has 5 rings (SSSR count). The zero-order valence-corrected chi connectivity index (χ0v) is 20.2. The molecule has 36 heavy (non-hydrogen) atoms. The molecule has 0 atom stereocenters. The van der Waals surface area contributed by atoms with Crippen LogP contribution < -0.4 is 16.6 Å². The van der Waals surface area contributed by atoms with Crippen molar-refractivity contribution in [2.24, 2.45) is 14.1 Å². The number of carbonyl (C=O) groups is 1. The molecule has 184 valence electrons. The maximum atomic E-state index is 13.4. The van der Waals surface area contributed by atoms with E-state index in [-0.39, 0.29) is 30.6 Å². The Labute approximate surface area is 208 Å². The maximum Gasteiger partial charge on any atom is 0.332 e. The van der Waals surface area contributed by atoms with Crippen LogP contribution in [0.5, 0.6) is 0 Å². The number of carboxylic acid groups (broad SMARTS) is 1. The number of hydrogen-bond donors (Lipinski definition) is 3. The number of aromatic amines is 1. The summed E-state index contributed by atoms with van der Waals surface area (Å²) in [5, 5.41) is 13.4. The zero-order valence-electron chi connectivity index (χ0n) is 19.4. The Hall–Kier alpha value is -4.38. The molecule has 0 aliphatic carbocycles. The number of benzene rings is 1. The number of carboxylic acids is 1. The molecule has 0 aliphatic heterocycles. The van der Waals surface area contributed by atoms with Gasteiger partial charge < -0.3 is 20.0 Å². The van der Waals surface area contributed by atoms with Crippen molar-refractivity contribution >= 4 is 51.4 Å². The number of nitrogens with one attached hydrogen (secondary N) is 2. The van der Waals surface area contributed by atoms with Crippen LogP contribution in [0.1, 0.15) is 17.8 Å². The third-order valence-electron chi connectivity index (χ3n) is 6.00. The van der Waals surface area contributed by atoms with Gasteiger partial charge in [-0.05, 0) is 30.3 Å². The third kappa shape index (κ3) is 4.13. The van der Waals surface area contributed by atoms with Crippen LogP contribution in [0.25, 0.3) is 22.1 Å². The summed E-state index contributed by atoms with van der Waals surface area (Å²) in [4.78, 5) is 49.5. The molecule has 0 spiro atoms. The second kappa shape index (κ2) is 9.00. The zero-order chi connectivity index (χ0) is 25.6. The van der Waals surface area contributed by atoms with Crippen molar-refractivity contribution < 1.29 is 9.90 Å². The minimum Gasteiger partial charge on any atom is -0.481 e. The van der Waals surface area contributed by atoms with Gasteiger partial charge in [0.25, 0.3) is 5.56 Å². The summed E-state index contributed by atoms with van der Waals surface area (Å²) in [7, 11) is 3.23. The van der Waals surface area contributed by atoms with Gasteiger partial charge in [-0.3, -0.25) is 18.7 Å². The van der Waals surface area contributed by atoms with Crippen LogP contribution in [0.2, 0.25) is 5.02 Å². The van der Waals surface area contributed by atoms with Crippen LogP contribution >= 0.6 is 11.6 Å². The van der Waals surface area contributed by atoms with Crippen molar-refractivity contribution in [2.45, 2.75) is 19.4 Å². The summed E-state index contributed by atoms with van der Waals surface area (Å²) in [5.74, 6) is -0.148. The number of halogens is 1. The normalized spacial score (nSPS) is 11.4. The highest BCUT2D eigenvalue weighted by Crippen LogP contribution is 2.24. The second-order valence-electron chi connectivity index (χ2n) is 8.43. The van der Waals surface area contributed by atoms with Gasteiger partial charge in [-0.2, -0.15) is 4.98 Å². The number of hydrogen-bond acceptors (Lipinski definition) is 6. The fraction of sp³-hybridized carbons (Fsp3) is 0.208. The summed E-state index contributed by atoms with van der Waals surface area (Å²) in [5.41, 5.74) is 1.57. The minimum absolute atomic E-state index is 0.0347. The SMILES string of the molecule is Cn1c(Nc2cccc(CCC(=O)O)n2)nc2c1c(=O)n(Cc1cc3c(Cl)cccc3[nH]1)c(=O)n2C. The van der Waals surface area contributed by atoms with E-state index in [9.17, 15) is 14.4 Å². The molecule has 3 N–H and O–H groups in total. The van der Waals surface area contributed by atoms with E-state index in [1.54, 1.807) is 42.9 Å². The molecule has 0 saturated carbocycles. The first-order chi connectivity index (χ1) is 17.2. The third-order valence-corrected chi connectivity index (χ3v) is 6.33. The van der Waals surface area contributed by atoms with E-state index in [4.69, 9.17) is 16.7 Å². The molecule has 0 fully saturated rings. The molecule has 4 aromatic heterocycles. The van der Waals surface area contributed by atoms with E-state index in [1.807, 2.05) is 18.2 Å². The number of anilines is 2. The maximum absolute atomic E-state index is 13.4. The van der Waals surface area contributed by atoms with Gasteiger partial charge in [0.2, 0.25) is 5.95 Å². The molecule has 0 saturated heterocycles. The van der Waals surface area contributed by atoms with Crippen LogP contribution in [0, 0.1) is 0 Å². The van der Waals surface area contributed by atoms with Crippen molar-refractivity contribution in [2.75, 3.05) is 5.32 Å². The predicted molar refractivity (Wildman–Crippen MR) is 136 cm³/mol. The Kier molecular flexibility index (Phi) is 5.84. The van der Waals surface area contributed by atoms with Gasteiger partial charge in [0.15, 0.2) is 11.2 Å². The van der Waals surface area contributed by atoms with Gasteiger partial charge in [-0.25, -0.2) is 9.78 Å². The quantitative estimate of drug-likeness (QED) is 0.307. The Morgan fingerprint density at radius 3 is 2.64 bits per heavy atom. The number of nitrogens with zero attached hydrogens (tertiary/aromatic N) is 5. The van der Waals surface area contributed by atoms with Gasteiger partial charge >= 0.3 is 11.7 Å². The van der Waals surface area contributed by atoms with E-state index in [1.165, 1.54) is 4.57 Å². The number of imidazole rings is 1. The smallest absolute Gasteiger partial charge is 0.332 e. The first kappa shape index (κ1) is 23.4. The molecule has 0 bridgehead atoms. The van der Waals surface area contributed by atoms with E-state index < -0.39 is 17.2 Å². The van der Waals surface area contributed by atoms with Gasteiger partial charge in [0, 0.05) is 47.8 Å². The van der Waals surface area contributed by atoms with E-state index in [0.717, 1.165) is 15.5 Å². The molecule has 5 aromatic rings. The first-order valence-corrected chi connectivity index (χ1v) is 11.5. The molecule has 0 unspecified atom stereocenters. The molecule has 0 radical (unpaired) electrons. The van der Waals surface area contributed by atoms with Gasteiger partial charge in [-0.1, -0.05) is 23.7 Å². The van der Waals surface area contributed by atoms with Gasteiger partial charge in [0.1, 0.15) is 5.82 Å². The minimum atomic E-state index is -0.904. The number of aryl methyl sites for hydroxylation is 3. The van der Waals surface area contributed by atoms with Crippen molar-refractivity contribution in [3.05, 3.63) is 79.7 Å². The molecule has 4 heterocycles. The standard InChI is InChI=1S/C24H22ClN7O4/c1-30-20-21(29-23(30)28-18-8-3-5-13(27-18)9-10-19(33)34)31(2)24(36)32(22(20)35)12-14-11-15-16(25)6-4-7-17(15)26-14/h3-8,11,26H,9-10,12H2,1-2H3,(H,33,34)(H,27,28,29). The van der Waals surface area contributed by atoms with E-state index >= 15 is 0 Å². The number of pyridine rings is 1. The highest BCUT2D eigenvalue weighted by atomic mass is 35.5. The lowest BCUT2D eigenvalue weighted by Gasteiger charge is -2.08. The lowest BCUT2D eigenvalue weighted by molar-refractivity contribution is -0.136. The summed E-state index contributed by atoms with van der Waals surface area (Å²) in [6.45, 7) is 0.0353. The number of rotatable bonds is 7. The number of fused-ring (bicyclic) bond motifs is 2. The molecule has 11 nitrogen and oxygen atoms in total. The largest absolute Gasteiger partial charge is 0.481 e.